The molecule has 1 atom stereocenters. The summed E-state index contributed by atoms with van der Waals surface area (Å²) in [4.78, 5) is 0. The van der Waals surface area contributed by atoms with Crippen molar-refractivity contribution in [3.63, 3.8) is 0 Å². The Balaban J connectivity index is 3.33. The van der Waals surface area contributed by atoms with Crippen LogP contribution in [0.2, 0.25) is 0 Å². The van der Waals surface area contributed by atoms with E-state index in [9.17, 15) is 0 Å². The van der Waals surface area contributed by atoms with Crippen LogP contribution in [0.25, 0.3) is 0 Å². The van der Waals surface area contributed by atoms with Gasteiger partial charge in [-0.2, -0.15) is 0 Å². The topological polar surface area (TPSA) is 60.7 Å². The van der Waals surface area contributed by atoms with E-state index < -0.39 is 12.4 Å². The minimum Gasteiger partial charge on any atom is -0.384 e. The number of aliphatic hydroxyl groups excluding tert-OH is 2. The molecule has 7 heavy (non-hydrogen) atoms. The Morgan fingerprint density at radius 3 is 1.71 bits per heavy atom. The van der Waals surface area contributed by atoms with Crippen LogP contribution in [0.3, 0.4) is 0 Å². The Morgan fingerprint density at radius 2 is 1.71 bits per heavy atom. The maximum atomic E-state index is 8.32. The summed E-state index contributed by atoms with van der Waals surface area (Å²) in [7, 11) is 0. The molecule has 0 rings (SSSR count). The molecule has 0 aliphatic rings. The van der Waals surface area contributed by atoms with Crippen LogP contribution in [0.5, 0.6) is 0 Å². The Bertz CT molecular complexity index is 60.0. The fourth-order valence-electron chi connectivity index (χ4n) is 0.122. The molecule has 0 aromatic heterocycles. The molecule has 0 spiro atoms. The quantitative estimate of drug-likeness (QED) is 0.306. The second kappa shape index (κ2) is 2.74. The van der Waals surface area contributed by atoms with E-state index >= 15 is 0 Å². The highest BCUT2D eigenvalue weighted by Gasteiger charge is 2.04. The van der Waals surface area contributed by atoms with Gasteiger partial charge in [0.25, 0.3) is 0 Å². The Kier molecular flexibility index (Phi) is 2.59. The van der Waals surface area contributed by atoms with Gasteiger partial charge in [-0.3, -0.25) is 0 Å². The molecule has 0 heterocycles. The SMILES string of the molecule is C=CC(O)C(O)O. The molecule has 0 aliphatic heterocycles. The molecule has 3 nitrogen and oxygen atoms in total. The van der Waals surface area contributed by atoms with E-state index in [0.29, 0.717) is 0 Å². The van der Waals surface area contributed by atoms with Gasteiger partial charge in [-0.25, -0.2) is 0 Å². The monoisotopic (exact) mass is 104 g/mol. The summed E-state index contributed by atoms with van der Waals surface area (Å²) < 4.78 is 0. The van der Waals surface area contributed by atoms with Gasteiger partial charge in [0, 0.05) is 0 Å². The molecule has 0 bridgehead atoms. The van der Waals surface area contributed by atoms with Crippen molar-refractivity contribution in [1.82, 2.24) is 0 Å². The first kappa shape index (κ1) is 6.62. The molecular weight excluding hydrogens is 96.0 g/mol. The predicted octanol–water partition coefficient (Wildman–Crippen LogP) is -1.16. The zero-order chi connectivity index (χ0) is 5.86. The first-order valence-corrected chi connectivity index (χ1v) is 1.85. The highest BCUT2D eigenvalue weighted by atomic mass is 16.5. The first-order valence-electron chi connectivity index (χ1n) is 1.85. The number of rotatable bonds is 2. The molecule has 0 aromatic rings. The van der Waals surface area contributed by atoms with Crippen molar-refractivity contribution in [3.8, 4) is 0 Å². The fraction of sp³-hybridized carbons (Fsp3) is 0.500. The largest absolute Gasteiger partial charge is 0.384 e. The molecular formula is C4H8O3. The van der Waals surface area contributed by atoms with Gasteiger partial charge in [-0.15, -0.1) is 6.58 Å². The lowest BCUT2D eigenvalue weighted by Gasteiger charge is -2.04. The van der Waals surface area contributed by atoms with Crippen molar-refractivity contribution >= 4 is 0 Å². The average molecular weight is 104 g/mol. The first-order chi connectivity index (χ1) is 3.18. The van der Waals surface area contributed by atoms with E-state index in [-0.39, 0.29) is 0 Å². The van der Waals surface area contributed by atoms with Crippen LogP contribution in [-0.4, -0.2) is 27.7 Å². The molecule has 3 N–H and O–H groups in total. The summed E-state index contributed by atoms with van der Waals surface area (Å²) in [6, 6.07) is 0. The van der Waals surface area contributed by atoms with E-state index in [2.05, 4.69) is 6.58 Å². The van der Waals surface area contributed by atoms with Crippen LogP contribution >= 0.6 is 0 Å². The summed E-state index contributed by atoms with van der Waals surface area (Å²) in [6.45, 7) is 3.11. The van der Waals surface area contributed by atoms with E-state index in [1.54, 1.807) is 0 Å². The van der Waals surface area contributed by atoms with Gasteiger partial charge in [0.15, 0.2) is 6.29 Å². The molecule has 0 aliphatic carbocycles. The Hall–Kier alpha value is -0.380. The van der Waals surface area contributed by atoms with Gasteiger partial charge in [0.1, 0.15) is 6.10 Å². The van der Waals surface area contributed by atoms with Crippen LogP contribution < -0.4 is 0 Å². The lowest BCUT2D eigenvalue weighted by atomic mass is 10.3. The van der Waals surface area contributed by atoms with Crippen molar-refractivity contribution in [1.29, 1.82) is 0 Å². The van der Waals surface area contributed by atoms with Crippen molar-refractivity contribution in [2.24, 2.45) is 0 Å². The maximum absolute atomic E-state index is 8.32. The van der Waals surface area contributed by atoms with E-state index in [4.69, 9.17) is 15.3 Å². The van der Waals surface area contributed by atoms with Gasteiger partial charge >= 0.3 is 0 Å². The van der Waals surface area contributed by atoms with Crippen molar-refractivity contribution in [3.05, 3.63) is 12.7 Å². The average Bonchev–Trinajstić information content (AvgIpc) is 1.65. The predicted molar refractivity (Wildman–Crippen MR) is 24.4 cm³/mol. The molecule has 0 radical (unpaired) electrons. The van der Waals surface area contributed by atoms with Crippen LogP contribution in [0.4, 0.5) is 0 Å². The molecule has 3 heteroatoms. The maximum Gasteiger partial charge on any atom is 0.181 e. The fourth-order valence-corrected chi connectivity index (χ4v) is 0.122. The normalized spacial score (nSPS) is 14.3. The molecule has 0 saturated heterocycles. The highest BCUT2D eigenvalue weighted by Crippen LogP contribution is 1.86. The Labute approximate surface area is 41.5 Å². The molecule has 0 saturated carbocycles. The van der Waals surface area contributed by atoms with Crippen LogP contribution in [-0.2, 0) is 0 Å². The standard InChI is InChI=1S/C4H8O3/c1-2-3(5)4(6)7/h2-7H,1H2. The van der Waals surface area contributed by atoms with Crippen LogP contribution in [0.1, 0.15) is 0 Å². The summed E-state index contributed by atoms with van der Waals surface area (Å²) in [5.74, 6) is 0. The van der Waals surface area contributed by atoms with Gasteiger partial charge in [0.2, 0.25) is 0 Å². The van der Waals surface area contributed by atoms with Crippen LogP contribution in [0, 0.1) is 0 Å². The number of hydrogen-bond acceptors (Lipinski definition) is 3. The molecule has 0 amide bonds. The number of hydrogen-bond donors (Lipinski definition) is 3. The van der Waals surface area contributed by atoms with E-state index in [1.807, 2.05) is 0 Å². The zero-order valence-corrected chi connectivity index (χ0v) is 3.78. The van der Waals surface area contributed by atoms with Gasteiger partial charge < -0.3 is 15.3 Å². The summed E-state index contributed by atoms with van der Waals surface area (Å²) >= 11 is 0. The summed E-state index contributed by atoms with van der Waals surface area (Å²) in [5.41, 5.74) is 0. The summed E-state index contributed by atoms with van der Waals surface area (Å²) in [6.07, 6.45) is -1.87. The smallest absolute Gasteiger partial charge is 0.181 e. The number of aliphatic hydroxyl groups is 3. The molecule has 1 unspecified atom stereocenters. The van der Waals surface area contributed by atoms with Gasteiger partial charge in [-0.1, -0.05) is 6.08 Å². The van der Waals surface area contributed by atoms with Crippen molar-refractivity contribution in [2.45, 2.75) is 12.4 Å². The third-order valence-electron chi connectivity index (χ3n) is 0.547. The minimum absolute atomic E-state index is 1.05. The van der Waals surface area contributed by atoms with Crippen molar-refractivity contribution in [2.75, 3.05) is 0 Å². The molecule has 42 valence electrons. The second-order valence-corrected chi connectivity index (χ2v) is 1.14. The lowest BCUT2D eigenvalue weighted by Crippen LogP contribution is -2.21. The molecule has 0 aromatic carbocycles. The van der Waals surface area contributed by atoms with E-state index in [0.717, 1.165) is 6.08 Å². The van der Waals surface area contributed by atoms with Gasteiger partial charge in [0.05, 0.1) is 0 Å². The third-order valence-corrected chi connectivity index (χ3v) is 0.547. The minimum atomic E-state index is -1.70. The summed E-state index contributed by atoms with van der Waals surface area (Å²) in [5, 5.41) is 24.4. The second-order valence-electron chi connectivity index (χ2n) is 1.14. The third kappa shape index (κ3) is 2.33. The highest BCUT2D eigenvalue weighted by molar-refractivity contribution is 4.78. The van der Waals surface area contributed by atoms with Gasteiger partial charge in [-0.05, 0) is 0 Å². The Morgan fingerprint density at radius 1 is 1.29 bits per heavy atom. The van der Waals surface area contributed by atoms with Crippen LogP contribution in [0.15, 0.2) is 12.7 Å². The van der Waals surface area contributed by atoms with E-state index in [1.165, 1.54) is 0 Å². The zero-order valence-electron chi connectivity index (χ0n) is 3.78. The van der Waals surface area contributed by atoms with Crippen molar-refractivity contribution < 1.29 is 15.3 Å². The lowest BCUT2D eigenvalue weighted by molar-refractivity contribution is -0.103. The molecule has 0 fully saturated rings.